The lowest BCUT2D eigenvalue weighted by atomic mass is 10.4. The minimum absolute atomic E-state index is 0.687. The maximum atomic E-state index is 14.0. The highest BCUT2D eigenvalue weighted by Gasteiger charge is 2.39. The van der Waals surface area contributed by atoms with Gasteiger partial charge in [-0.1, -0.05) is 77.4 Å². The maximum absolute atomic E-state index is 14.0. The smallest absolute Gasteiger partial charge is 0.212 e. The highest BCUT2D eigenvalue weighted by Crippen LogP contribution is 2.37. The van der Waals surface area contributed by atoms with E-state index in [2.05, 4.69) is 0 Å². The normalized spacial score (nSPS) is 11.7. The Kier molecular flexibility index (Phi) is 9.51. The van der Waals surface area contributed by atoms with Crippen molar-refractivity contribution < 1.29 is 13.2 Å². The second-order valence-corrected chi connectivity index (χ2v) is 9.67. The van der Waals surface area contributed by atoms with E-state index in [4.69, 9.17) is 0 Å². The fourth-order valence-electron chi connectivity index (χ4n) is 2.45. The largest absolute Gasteiger partial charge is 0.296 e. The molecule has 0 aliphatic carbocycles. The van der Waals surface area contributed by atoms with Gasteiger partial charge in [0.25, 0.3) is 6.08 Å². The van der Waals surface area contributed by atoms with Gasteiger partial charge in [-0.15, -0.1) is 0 Å². The van der Waals surface area contributed by atoms with E-state index in [1.165, 1.54) is 0 Å². The first kappa shape index (κ1) is 17.7. The minimum Gasteiger partial charge on any atom is -0.212 e. The summed E-state index contributed by atoms with van der Waals surface area (Å²) < 4.78 is 39.5. The zero-order chi connectivity index (χ0) is 14.0. The van der Waals surface area contributed by atoms with E-state index in [1.807, 2.05) is 20.8 Å². The van der Waals surface area contributed by atoms with Crippen molar-refractivity contribution in [2.24, 2.45) is 0 Å². The highest BCUT2D eigenvalue weighted by atomic mass is 28.3. The predicted molar refractivity (Wildman–Crippen MR) is 75.2 cm³/mol. The van der Waals surface area contributed by atoms with Crippen LogP contribution in [0.5, 0.6) is 0 Å². The summed E-state index contributed by atoms with van der Waals surface area (Å²) >= 11 is 0. The van der Waals surface area contributed by atoms with Crippen LogP contribution in [0.15, 0.2) is 11.5 Å². The Morgan fingerprint density at radius 2 is 1.06 bits per heavy atom. The molecular formula is C14H27F3Si. The van der Waals surface area contributed by atoms with Gasteiger partial charge in [0.05, 0.1) is 0 Å². The molecule has 0 spiro atoms. The zero-order valence-corrected chi connectivity index (χ0v) is 13.0. The number of rotatable bonds is 10. The van der Waals surface area contributed by atoms with E-state index in [-0.39, 0.29) is 0 Å². The Morgan fingerprint density at radius 1 is 0.722 bits per heavy atom. The molecule has 0 radical (unpaired) electrons. The molecule has 18 heavy (non-hydrogen) atoms. The van der Waals surface area contributed by atoms with Gasteiger partial charge in [0.2, 0.25) is 0 Å². The summed E-state index contributed by atoms with van der Waals surface area (Å²) in [6, 6.07) is 2.06. The van der Waals surface area contributed by atoms with Crippen LogP contribution in [0, 0.1) is 0 Å². The predicted octanol–water partition coefficient (Wildman–Crippen LogP) is 6.45. The lowest BCUT2D eigenvalue weighted by Crippen LogP contribution is -2.36. The molecule has 0 N–H and O–H groups in total. The summed E-state index contributed by atoms with van der Waals surface area (Å²) in [6.45, 7) is 6.10. The third kappa shape index (κ3) is 5.59. The van der Waals surface area contributed by atoms with E-state index in [9.17, 15) is 13.2 Å². The third-order valence-electron chi connectivity index (χ3n) is 3.66. The summed E-state index contributed by atoms with van der Waals surface area (Å²) in [5.41, 5.74) is -1.00. The van der Waals surface area contributed by atoms with Crippen LogP contribution >= 0.6 is 0 Å². The summed E-state index contributed by atoms with van der Waals surface area (Å²) in [5, 5.41) is 0. The van der Waals surface area contributed by atoms with Crippen LogP contribution in [-0.4, -0.2) is 8.07 Å². The molecule has 4 heteroatoms. The molecular weight excluding hydrogens is 253 g/mol. The first-order chi connectivity index (χ1) is 8.54. The Hall–Kier alpha value is -0.253. The van der Waals surface area contributed by atoms with Crippen LogP contribution in [-0.2, 0) is 0 Å². The van der Waals surface area contributed by atoms with Crippen molar-refractivity contribution in [2.45, 2.75) is 77.4 Å². The monoisotopic (exact) mass is 280 g/mol. The van der Waals surface area contributed by atoms with E-state index in [0.717, 1.165) is 38.5 Å². The van der Waals surface area contributed by atoms with Gasteiger partial charge in [-0.3, -0.25) is 0 Å². The highest BCUT2D eigenvalue weighted by molar-refractivity contribution is 6.86. The molecule has 0 unspecified atom stereocenters. The van der Waals surface area contributed by atoms with E-state index >= 15 is 0 Å². The van der Waals surface area contributed by atoms with Crippen molar-refractivity contribution in [3.63, 3.8) is 0 Å². The Morgan fingerprint density at radius 3 is 1.28 bits per heavy atom. The average Bonchev–Trinajstić information content (AvgIpc) is 2.37. The van der Waals surface area contributed by atoms with Gasteiger partial charge in [-0.25, -0.2) is 4.39 Å². The molecule has 0 aromatic heterocycles. The van der Waals surface area contributed by atoms with Gasteiger partial charge < -0.3 is 0 Å². The molecule has 0 bridgehead atoms. The molecule has 0 aromatic carbocycles. The Labute approximate surface area is 111 Å². The van der Waals surface area contributed by atoms with Crippen molar-refractivity contribution >= 4 is 8.07 Å². The van der Waals surface area contributed by atoms with Crippen LogP contribution in [0.25, 0.3) is 0 Å². The molecule has 0 saturated carbocycles. The Balaban J connectivity index is 5.04. The minimum atomic E-state index is -2.56. The fraction of sp³-hybridized carbons (Fsp3) is 0.857. The number of hydrogen-bond acceptors (Lipinski definition) is 0. The van der Waals surface area contributed by atoms with Gasteiger partial charge >= 0.3 is 0 Å². The standard InChI is InChI=1S/C14H27F3Si/c1-4-7-10-18(11-8-5-2,12-9-6-3)14(17)13(15)16/h4-12H2,1-3H3. The quantitative estimate of drug-likeness (QED) is 0.403. The van der Waals surface area contributed by atoms with Gasteiger partial charge in [0.15, 0.2) is 0 Å². The zero-order valence-electron chi connectivity index (χ0n) is 12.0. The maximum Gasteiger partial charge on any atom is 0.296 e. The van der Waals surface area contributed by atoms with Gasteiger partial charge in [0, 0.05) is 0 Å². The van der Waals surface area contributed by atoms with Gasteiger partial charge in [-0.05, 0) is 0 Å². The van der Waals surface area contributed by atoms with E-state index in [1.54, 1.807) is 0 Å². The Bertz CT molecular complexity index is 226. The molecule has 108 valence electrons. The van der Waals surface area contributed by atoms with E-state index in [0.29, 0.717) is 18.1 Å². The fourth-order valence-corrected chi connectivity index (χ4v) is 7.35. The van der Waals surface area contributed by atoms with Crippen molar-refractivity contribution in [1.29, 1.82) is 0 Å². The second kappa shape index (κ2) is 9.65. The molecule has 0 atom stereocenters. The first-order valence-corrected chi connectivity index (χ1v) is 9.87. The lowest BCUT2D eigenvalue weighted by Gasteiger charge is -2.29. The molecule has 0 saturated heterocycles. The molecule has 0 aliphatic heterocycles. The van der Waals surface area contributed by atoms with Gasteiger partial charge in [0.1, 0.15) is 13.5 Å². The number of unbranched alkanes of at least 4 members (excludes halogenated alkanes) is 3. The SMILES string of the molecule is CCCC[Si](CCCC)(CCCC)C(F)=C(F)F. The molecule has 0 fully saturated rings. The summed E-state index contributed by atoms with van der Waals surface area (Å²) in [5.74, 6) is 0. The van der Waals surface area contributed by atoms with Crippen LogP contribution in [0.3, 0.4) is 0 Å². The summed E-state index contributed by atoms with van der Waals surface area (Å²) in [6.07, 6.45) is 3.43. The second-order valence-electron chi connectivity index (χ2n) is 5.17. The molecule has 0 rings (SSSR count). The van der Waals surface area contributed by atoms with Crippen LogP contribution in [0.1, 0.15) is 59.3 Å². The molecule has 0 amide bonds. The van der Waals surface area contributed by atoms with Crippen LogP contribution in [0.4, 0.5) is 13.2 Å². The topological polar surface area (TPSA) is 0 Å². The lowest BCUT2D eigenvalue weighted by molar-refractivity contribution is 0.389. The van der Waals surface area contributed by atoms with Gasteiger partial charge in [-0.2, -0.15) is 8.78 Å². The van der Waals surface area contributed by atoms with Crippen LogP contribution < -0.4 is 0 Å². The number of hydrogen-bond donors (Lipinski definition) is 0. The summed E-state index contributed by atoms with van der Waals surface area (Å²) in [7, 11) is -2.56. The first-order valence-electron chi connectivity index (χ1n) is 7.25. The molecule has 0 aromatic rings. The molecule has 0 heterocycles. The summed E-state index contributed by atoms with van der Waals surface area (Å²) in [4.78, 5) is 0. The molecule has 0 nitrogen and oxygen atoms in total. The van der Waals surface area contributed by atoms with Crippen molar-refractivity contribution in [3.05, 3.63) is 11.5 Å². The van der Waals surface area contributed by atoms with E-state index < -0.39 is 19.6 Å². The average molecular weight is 280 g/mol. The number of halogens is 3. The third-order valence-corrected chi connectivity index (χ3v) is 8.71. The van der Waals surface area contributed by atoms with Crippen molar-refractivity contribution in [3.8, 4) is 0 Å². The van der Waals surface area contributed by atoms with Crippen molar-refractivity contribution in [2.75, 3.05) is 0 Å². The molecule has 0 aliphatic rings. The van der Waals surface area contributed by atoms with Crippen molar-refractivity contribution in [1.82, 2.24) is 0 Å². The van der Waals surface area contributed by atoms with Crippen LogP contribution in [0.2, 0.25) is 18.1 Å².